The van der Waals surface area contributed by atoms with Gasteiger partial charge < -0.3 is 25.2 Å². The van der Waals surface area contributed by atoms with E-state index in [-0.39, 0.29) is 23.7 Å². The number of phenolic OH excluding ortho intramolecular Hbond substituents is 1. The highest BCUT2D eigenvalue weighted by Crippen LogP contribution is 2.43. The first kappa shape index (κ1) is 21.5. The largest absolute Gasteiger partial charge is 0.506 e. The minimum absolute atomic E-state index is 0.0176. The van der Waals surface area contributed by atoms with E-state index in [4.69, 9.17) is 14.7 Å². The van der Waals surface area contributed by atoms with E-state index in [0.29, 0.717) is 28.7 Å². The number of aromatic nitrogens is 2. The van der Waals surface area contributed by atoms with Crippen LogP contribution >= 0.6 is 0 Å². The van der Waals surface area contributed by atoms with Crippen LogP contribution in [0.3, 0.4) is 0 Å². The molecule has 0 aliphatic carbocycles. The lowest BCUT2D eigenvalue weighted by molar-refractivity contribution is -0.114. The molecule has 8 nitrogen and oxygen atoms in total. The molecule has 2 aliphatic rings. The summed E-state index contributed by atoms with van der Waals surface area (Å²) in [4.78, 5) is 23.1. The minimum Gasteiger partial charge on any atom is -0.506 e. The summed E-state index contributed by atoms with van der Waals surface area (Å²) < 4.78 is 5.83. The van der Waals surface area contributed by atoms with Crippen molar-refractivity contribution < 1.29 is 19.7 Å². The number of benzene rings is 1. The molecule has 31 heavy (non-hydrogen) atoms. The van der Waals surface area contributed by atoms with E-state index in [0.717, 1.165) is 50.5 Å². The summed E-state index contributed by atoms with van der Waals surface area (Å²) in [6.07, 6.45) is 3.52. The van der Waals surface area contributed by atoms with E-state index in [2.05, 4.69) is 17.1 Å². The topological polar surface area (TPSA) is 108 Å². The number of aromatic hydroxyl groups is 1. The molecule has 2 aromatic rings. The number of anilines is 2. The number of nitrogens with zero attached hydrogens (tertiary/aromatic N) is 3. The fraction of sp³-hybridized carbons (Fsp3) is 0.522. The van der Waals surface area contributed by atoms with Crippen molar-refractivity contribution in [3.8, 4) is 17.0 Å². The Kier molecular flexibility index (Phi) is 5.85. The monoisotopic (exact) mass is 426 g/mol. The molecule has 0 saturated carbocycles. The number of nitrogens with one attached hydrogen (secondary N) is 1. The Hall–Kier alpha value is -2.71. The van der Waals surface area contributed by atoms with Gasteiger partial charge in [0.25, 0.3) is 0 Å². The van der Waals surface area contributed by atoms with Crippen molar-refractivity contribution in [2.24, 2.45) is 5.41 Å². The van der Waals surface area contributed by atoms with Gasteiger partial charge >= 0.3 is 0 Å². The summed E-state index contributed by atoms with van der Waals surface area (Å²) in [6, 6.07) is 4.91. The second kappa shape index (κ2) is 8.43. The Morgan fingerprint density at radius 1 is 1.32 bits per heavy atom. The Morgan fingerprint density at radius 2 is 2.06 bits per heavy atom. The van der Waals surface area contributed by atoms with Crippen molar-refractivity contribution in [3.63, 3.8) is 0 Å². The molecule has 4 rings (SSSR count). The number of amides is 1. The van der Waals surface area contributed by atoms with Gasteiger partial charge in [-0.3, -0.25) is 4.79 Å². The SMILES string of the molecule is CC(=O)Nc1cc(-c2nc(CO)c(N3CCC4(CC3)CO[C@@H](C)C4)nc2C)ccc1O. The maximum Gasteiger partial charge on any atom is 0.221 e. The predicted molar refractivity (Wildman–Crippen MR) is 118 cm³/mol. The Bertz CT molecular complexity index is 986. The zero-order valence-corrected chi connectivity index (χ0v) is 18.3. The maximum absolute atomic E-state index is 11.4. The van der Waals surface area contributed by atoms with E-state index in [9.17, 15) is 15.0 Å². The molecule has 166 valence electrons. The van der Waals surface area contributed by atoms with Gasteiger partial charge in [-0.25, -0.2) is 9.97 Å². The van der Waals surface area contributed by atoms with Crippen molar-refractivity contribution in [2.75, 3.05) is 29.9 Å². The summed E-state index contributed by atoms with van der Waals surface area (Å²) in [6.45, 7) is 7.75. The van der Waals surface area contributed by atoms with Gasteiger partial charge in [-0.1, -0.05) is 0 Å². The van der Waals surface area contributed by atoms with Gasteiger partial charge in [0.15, 0.2) is 5.82 Å². The zero-order valence-electron chi connectivity index (χ0n) is 18.3. The van der Waals surface area contributed by atoms with Crippen LogP contribution in [-0.4, -0.2) is 51.9 Å². The number of rotatable bonds is 4. The molecule has 1 aromatic heterocycles. The summed E-state index contributed by atoms with van der Waals surface area (Å²) in [5.41, 5.74) is 3.17. The van der Waals surface area contributed by atoms with Crippen molar-refractivity contribution >= 4 is 17.4 Å². The van der Waals surface area contributed by atoms with Gasteiger partial charge in [0.05, 0.1) is 36.4 Å². The molecule has 2 fully saturated rings. The van der Waals surface area contributed by atoms with Gasteiger partial charge in [-0.05, 0) is 56.7 Å². The average Bonchev–Trinajstić information content (AvgIpc) is 3.10. The summed E-state index contributed by atoms with van der Waals surface area (Å²) in [7, 11) is 0. The van der Waals surface area contributed by atoms with E-state index < -0.39 is 0 Å². The van der Waals surface area contributed by atoms with Crippen LogP contribution in [0.4, 0.5) is 11.5 Å². The number of aryl methyl sites for hydroxylation is 1. The van der Waals surface area contributed by atoms with E-state index in [1.54, 1.807) is 12.1 Å². The van der Waals surface area contributed by atoms with Crippen LogP contribution < -0.4 is 10.2 Å². The molecule has 1 aromatic carbocycles. The van der Waals surface area contributed by atoms with Crippen LogP contribution in [0.15, 0.2) is 18.2 Å². The van der Waals surface area contributed by atoms with Gasteiger partial charge in [0.2, 0.25) is 5.91 Å². The van der Waals surface area contributed by atoms with Gasteiger partial charge in [-0.2, -0.15) is 0 Å². The van der Waals surface area contributed by atoms with Gasteiger partial charge in [0.1, 0.15) is 11.4 Å². The van der Waals surface area contributed by atoms with Crippen molar-refractivity contribution in [2.45, 2.75) is 52.7 Å². The number of aliphatic hydroxyl groups is 1. The average molecular weight is 427 g/mol. The molecular weight excluding hydrogens is 396 g/mol. The number of ether oxygens (including phenoxy) is 1. The minimum atomic E-state index is -0.272. The number of aliphatic hydroxyl groups excluding tert-OH is 1. The highest BCUT2D eigenvalue weighted by atomic mass is 16.5. The smallest absolute Gasteiger partial charge is 0.221 e. The maximum atomic E-state index is 11.4. The summed E-state index contributed by atoms with van der Waals surface area (Å²) >= 11 is 0. The number of hydrogen-bond donors (Lipinski definition) is 3. The molecule has 3 N–H and O–H groups in total. The van der Waals surface area contributed by atoms with E-state index in [1.165, 1.54) is 13.0 Å². The van der Waals surface area contributed by atoms with Gasteiger partial charge in [0, 0.05) is 25.6 Å². The quantitative estimate of drug-likeness (QED) is 0.645. The molecule has 1 spiro atoms. The Labute approximate surface area is 182 Å². The molecule has 1 atom stereocenters. The zero-order chi connectivity index (χ0) is 22.2. The molecule has 3 heterocycles. The lowest BCUT2D eigenvalue weighted by Gasteiger charge is -2.39. The standard InChI is InChI=1S/C23H30N4O4/c1-14-11-23(13-31-14)6-8-27(9-7-23)22-19(12-28)26-21(15(2)24-22)17-4-5-20(30)18(10-17)25-16(3)29/h4-5,10,14,28,30H,6-9,11-13H2,1-3H3,(H,25,29)/t14-/m0/s1. The third-order valence-electron chi connectivity index (χ3n) is 6.37. The molecule has 2 saturated heterocycles. The lowest BCUT2D eigenvalue weighted by Crippen LogP contribution is -2.41. The highest BCUT2D eigenvalue weighted by molar-refractivity contribution is 5.91. The van der Waals surface area contributed by atoms with Crippen LogP contribution in [-0.2, 0) is 16.1 Å². The van der Waals surface area contributed by atoms with Crippen LogP contribution in [0.2, 0.25) is 0 Å². The molecule has 0 bridgehead atoms. The first-order valence-electron chi connectivity index (χ1n) is 10.8. The van der Waals surface area contributed by atoms with Crippen molar-refractivity contribution in [3.05, 3.63) is 29.6 Å². The summed E-state index contributed by atoms with van der Waals surface area (Å²) in [5.74, 6) is 0.439. The number of carbonyl (C=O) groups excluding carboxylic acids is 1. The third kappa shape index (κ3) is 4.36. The molecule has 2 aliphatic heterocycles. The summed E-state index contributed by atoms with van der Waals surface area (Å²) in [5, 5.41) is 22.7. The number of piperidine rings is 1. The first-order valence-corrected chi connectivity index (χ1v) is 10.8. The van der Waals surface area contributed by atoms with Gasteiger partial charge in [-0.15, -0.1) is 0 Å². The van der Waals surface area contributed by atoms with Crippen LogP contribution in [0, 0.1) is 12.3 Å². The highest BCUT2D eigenvalue weighted by Gasteiger charge is 2.41. The number of hydrogen-bond acceptors (Lipinski definition) is 7. The second-order valence-electron chi connectivity index (χ2n) is 8.81. The van der Waals surface area contributed by atoms with Crippen molar-refractivity contribution in [1.29, 1.82) is 0 Å². The van der Waals surface area contributed by atoms with E-state index in [1.807, 2.05) is 6.92 Å². The normalized spacial score (nSPS) is 20.3. The lowest BCUT2D eigenvalue weighted by atomic mass is 9.77. The molecule has 8 heteroatoms. The second-order valence-corrected chi connectivity index (χ2v) is 8.81. The van der Waals surface area contributed by atoms with Crippen molar-refractivity contribution in [1.82, 2.24) is 9.97 Å². The molecular formula is C23H30N4O4. The molecule has 1 amide bonds. The Morgan fingerprint density at radius 3 is 2.68 bits per heavy atom. The number of carbonyl (C=O) groups is 1. The van der Waals surface area contributed by atoms with Crippen LogP contribution in [0.5, 0.6) is 5.75 Å². The predicted octanol–water partition coefficient (Wildman–Crippen LogP) is 3.00. The van der Waals surface area contributed by atoms with Crippen LogP contribution in [0.1, 0.15) is 44.5 Å². The van der Waals surface area contributed by atoms with E-state index >= 15 is 0 Å². The first-order chi connectivity index (χ1) is 14.8. The molecule has 0 radical (unpaired) electrons. The Balaban J connectivity index is 1.60. The van der Waals surface area contributed by atoms with Crippen LogP contribution in [0.25, 0.3) is 11.3 Å². The molecule has 0 unspecified atom stereocenters. The fourth-order valence-corrected chi connectivity index (χ4v) is 4.74. The fourth-order valence-electron chi connectivity index (χ4n) is 4.74. The third-order valence-corrected chi connectivity index (χ3v) is 6.37. The number of phenols is 1.